The molecule has 1 fully saturated rings. The van der Waals surface area contributed by atoms with Gasteiger partial charge in [0.15, 0.2) is 0 Å². The largest absolute Gasteiger partial charge is 0.384 e. The van der Waals surface area contributed by atoms with Crippen LogP contribution >= 0.6 is 15.9 Å². The van der Waals surface area contributed by atoms with Crippen molar-refractivity contribution in [1.29, 1.82) is 5.41 Å². The van der Waals surface area contributed by atoms with E-state index in [-0.39, 0.29) is 5.84 Å². The highest BCUT2D eigenvalue weighted by molar-refractivity contribution is 9.10. The zero-order chi connectivity index (χ0) is 14.0. The van der Waals surface area contributed by atoms with E-state index in [1.807, 2.05) is 18.2 Å². The van der Waals surface area contributed by atoms with Gasteiger partial charge in [-0.15, -0.1) is 0 Å². The van der Waals surface area contributed by atoms with Crippen molar-refractivity contribution in [1.82, 2.24) is 4.90 Å². The zero-order valence-corrected chi connectivity index (χ0v) is 13.1. The molecular formula is C14H21BrN4. The molecule has 0 amide bonds. The minimum atomic E-state index is 0.118. The van der Waals surface area contributed by atoms with Crippen LogP contribution in [0.15, 0.2) is 22.7 Å². The first-order valence-electron chi connectivity index (χ1n) is 6.54. The Bertz CT molecular complexity index is 475. The highest BCUT2D eigenvalue weighted by Gasteiger charge is 2.23. The number of hydrogen-bond donors (Lipinski definition) is 2. The fourth-order valence-corrected chi connectivity index (χ4v) is 3.04. The SMILES string of the molecule is CN1CCCC(N(C)c2ccc(Br)cc2C(=N)N)C1. The Morgan fingerprint density at radius 2 is 2.26 bits per heavy atom. The van der Waals surface area contributed by atoms with Crippen LogP contribution in [-0.4, -0.2) is 44.0 Å². The maximum Gasteiger partial charge on any atom is 0.124 e. The molecule has 1 saturated heterocycles. The van der Waals surface area contributed by atoms with Crippen molar-refractivity contribution >= 4 is 27.5 Å². The molecule has 1 heterocycles. The standard InChI is InChI=1S/C14H21BrN4/c1-18-7-3-4-11(9-18)19(2)13-6-5-10(15)8-12(13)14(16)17/h5-6,8,11H,3-4,7,9H2,1-2H3,(H3,16,17). The Morgan fingerprint density at radius 1 is 1.53 bits per heavy atom. The molecule has 104 valence electrons. The van der Waals surface area contributed by atoms with Crippen molar-refractivity contribution in [2.24, 2.45) is 5.73 Å². The van der Waals surface area contributed by atoms with E-state index >= 15 is 0 Å². The van der Waals surface area contributed by atoms with Crippen LogP contribution in [0.4, 0.5) is 5.69 Å². The number of likely N-dealkylation sites (N-methyl/N-ethyl adjacent to an activating group) is 2. The van der Waals surface area contributed by atoms with Crippen LogP contribution in [0.1, 0.15) is 18.4 Å². The molecule has 1 aromatic carbocycles. The fraction of sp³-hybridized carbons (Fsp3) is 0.500. The van der Waals surface area contributed by atoms with Crippen LogP contribution in [0.5, 0.6) is 0 Å². The smallest absolute Gasteiger partial charge is 0.124 e. The number of nitrogens with one attached hydrogen (secondary N) is 1. The minimum Gasteiger partial charge on any atom is -0.384 e. The number of nitrogens with two attached hydrogens (primary N) is 1. The molecule has 0 bridgehead atoms. The van der Waals surface area contributed by atoms with Crippen LogP contribution in [0.3, 0.4) is 0 Å². The van der Waals surface area contributed by atoms with E-state index in [2.05, 4.69) is 39.8 Å². The summed E-state index contributed by atoms with van der Waals surface area (Å²) < 4.78 is 0.954. The Kier molecular flexibility index (Phi) is 4.47. The lowest BCUT2D eigenvalue weighted by Crippen LogP contribution is -2.45. The number of likely N-dealkylation sites (tertiary alicyclic amines) is 1. The van der Waals surface area contributed by atoms with E-state index in [1.54, 1.807) is 0 Å². The monoisotopic (exact) mass is 324 g/mol. The molecule has 0 aliphatic carbocycles. The van der Waals surface area contributed by atoms with Gasteiger partial charge in [0.2, 0.25) is 0 Å². The maximum atomic E-state index is 7.74. The number of piperidine rings is 1. The lowest BCUT2D eigenvalue weighted by Gasteiger charge is -2.37. The molecule has 1 unspecified atom stereocenters. The quantitative estimate of drug-likeness (QED) is 0.662. The molecule has 5 heteroatoms. The second-order valence-corrected chi connectivity index (χ2v) is 6.16. The first kappa shape index (κ1) is 14.3. The second kappa shape index (κ2) is 5.92. The number of rotatable bonds is 3. The van der Waals surface area contributed by atoms with Crippen LogP contribution < -0.4 is 10.6 Å². The molecule has 0 spiro atoms. The number of amidine groups is 1. The molecule has 3 N–H and O–H groups in total. The van der Waals surface area contributed by atoms with Crippen LogP contribution in [0.25, 0.3) is 0 Å². The average Bonchev–Trinajstić information content (AvgIpc) is 2.37. The van der Waals surface area contributed by atoms with Gasteiger partial charge < -0.3 is 15.5 Å². The van der Waals surface area contributed by atoms with Crippen LogP contribution in [-0.2, 0) is 0 Å². The first-order chi connectivity index (χ1) is 8.99. The van der Waals surface area contributed by atoms with E-state index in [0.29, 0.717) is 6.04 Å². The molecular weight excluding hydrogens is 304 g/mol. The van der Waals surface area contributed by atoms with Crippen molar-refractivity contribution in [3.05, 3.63) is 28.2 Å². The molecule has 1 aliphatic rings. The van der Waals surface area contributed by atoms with Gasteiger partial charge in [-0.1, -0.05) is 15.9 Å². The maximum absolute atomic E-state index is 7.74. The topological polar surface area (TPSA) is 56.4 Å². The summed E-state index contributed by atoms with van der Waals surface area (Å²) in [5.41, 5.74) is 7.54. The summed E-state index contributed by atoms with van der Waals surface area (Å²) in [6, 6.07) is 6.44. The van der Waals surface area contributed by atoms with Gasteiger partial charge >= 0.3 is 0 Å². The average molecular weight is 325 g/mol. The van der Waals surface area contributed by atoms with Gasteiger partial charge in [-0.05, 0) is 44.6 Å². The molecule has 1 aliphatic heterocycles. The molecule has 4 nitrogen and oxygen atoms in total. The minimum absolute atomic E-state index is 0.118. The third-order valence-corrected chi connectivity index (χ3v) is 4.27. The summed E-state index contributed by atoms with van der Waals surface area (Å²) in [4.78, 5) is 4.62. The van der Waals surface area contributed by atoms with E-state index < -0.39 is 0 Å². The van der Waals surface area contributed by atoms with Gasteiger partial charge in [-0.25, -0.2) is 0 Å². The zero-order valence-electron chi connectivity index (χ0n) is 11.5. The fourth-order valence-electron chi connectivity index (χ4n) is 2.68. The number of hydrogen-bond acceptors (Lipinski definition) is 3. The number of anilines is 1. The third-order valence-electron chi connectivity index (χ3n) is 3.78. The van der Waals surface area contributed by atoms with E-state index in [9.17, 15) is 0 Å². The highest BCUT2D eigenvalue weighted by atomic mass is 79.9. The summed E-state index contributed by atoms with van der Waals surface area (Å²) in [6.07, 6.45) is 2.41. The Labute approximate surface area is 123 Å². The summed E-state index contributed by atoms with van der Waals surface area (Å²) in [5.74, 6) is 0.118. The normalized spacial score (nSPS) is 20.3. The van der Waals surface area contributed by atoms with Gasteiger partial charge in [0.1, 0.15) is 5.84 Å². The molecule has 0 aromatic heterocycles. The predicted octanol–water partition coefficient (Wildman–Crippen LogP) is 2.26. The van der Waals surface area contributed by atoms with Gasteiger partial charge in [0.25, 0.3) is 0 Å². The number of nitrogen functional groups attached to an aromatic ring is 1. The van der Waals surface area contributed by atoms with E-state index in [0.717, 1.165) is 22.3 Å². The summed E-state index contributed by atoms with van der Waals surface area (Å²) in [7, 11) is 4.26. The van der Waals surface area contributed by atoms with Crippen LogP contribution in [0, 0.1) is 5.41 Å². The number of nitrogens with zero attached hydrogens (tertiary/aromatic N) is 2. The van der Waals surface area contributed by atoms with Crippen molar-refractivity contribution in [3.63, 3.8) is 0 Å². The summed E-state index contributed by atoms with van der Waals surface area (Å²) >= 11 is 3.44. The Balaban J connectivity index is 2.27. The molecule has 2 rings (SSSR count). The third kappa shape index (κ3) is 3.28. The molecule has 0 saturated carbocycles. The van der Waals surface area contributed by atoms with Gasteiger partial charge in [-0.3, -0.25) is 5.41 Å². The van der Waals surface area contributed by atoms with E-state index in [4.69, 9.17) is 11.1 Å². The molecule has 1 atom stereocenters. The summed E-state index contributed by atoms with van der Waals surface area (Å²) in [5, 5.41) is 7.74. The van der Waals surface area contributed by atoms with Crippen LogP contribution in [0.2, 0.25) is 0 Å². The van der Waals surface area contributed by atoms with Gasteiger partial charge in [-0.2, -0.15) is 0 Å². The van der Waals surface area contributed by atoms with Gasteiger partial charge in [0, 0.05) is 35.4 Å². The van der Waals surface area contributed by atoms with Crippen molar-refractivity contribution in [3.8, 4) is 0 Å². The summed E-state index contributed by atoms with van der Waals surface area (Å²) in [6.45, 7) is 2.23. The van der Waals surface area contributed by atoms with E-state index in [1.165, 1.54) is 19.4 Å². The van der Waals surface area contributed by atoms with Crippen molar-refractivity contribution in [2.75, 3.05) is 32.1 Å². The highest BCUT2D eigenvalue weighted by Crippen LogP contribution is 2.27. The molecule has 1 aromatic rings. The number of benzene rings is 1. The molecule has 0 radical (unpaired) electrons. The second-order valence-electron chi connectivity index (χ2n) is 5.24. The van der Waals surface area contributed by atoms with Crippen molar-refractivity contribution in [2.45, 2.75) is 18.9 Å². The lowest BCUT2D eigenvalue weighted by atomic mass is 10.0. The number of halogens is 1. The predicted molar refractivity (Wildman–Crippen MR) is 84.1 cm³/mol. The lowest BCUT2D eigenvalue weighted by molar-refractivity contribution is 0.248. The Hall–Kier alpha value is -1.07. The van der Waals surface area contributed by atoms with Crippen molar-refractivity contribution < 1.29 is 0 Å². The Morgan fingerprint density at radius 3 is 2.89 bits per heavy atom. The first-order valence-corrected chi connectivity index (χ1v) is 7.33. The van der Waals surface area contributed by atoms with Gasteiger partial charge in [0.05, 0.1) is 0 Å². The molecule has 19 heavy (non-hydrogen) atoms.